The number of Topliss-reactive ketones (excluding diaryl/α,β-unsaturated/α-hetero) is 1. The van der Waals surface area contributed by atoms with Crippen molar-refractivity contribution < 1.29 is 14.3 Å². The van der Waals surface area contributed by atoms with Crippen molar-refractivity contribution >= 4 is 5.78 Å². The molecule has 0 aromatic carbocycles. The van der Waals surface area contributed by atoms with Crippen molar-refractivity contribution in [2.24, 2.45) is 17.8 Å². The highest BCUT2D eigenvalue weighted by Crippen LogP contribution is 2.44. The molecule has 0 N–H and O–H groups in total. The van der Waals surface area contributed by atoms with E-state index in [0.717, 1.165) is 31.6 Å². The van der Waals surface area contributed by atoms with Gasteiger partial charge in [0.2, 0.25) is 0 Å². The highest BCUT2D eigenvalue weighted by atomic mass is 16.7. The molecule has 19 heavy (non-hydrogen) atoms. The Morgan fingerprint density at radius 3 is 2.68 bits per heavy atom. The van der Waals surface area contributed by atoms with Crippen LogP contribution in [0.25, 0.3) is 0 Å². The molecule has 1 heterocycles. The molecule has 0 aromatic rings. The first kappa shape index (κ1) is 13.6. The van der Waals surface area contributed by atoms with E-state index < -0.39 is 5.79 Å². The normalized spacial score (nSPS) is 38.2. The minimum Gasteiger partial charge on any atom is -0.348 e. The van der Waals surface area contributed by atoms with E-state index >= 15 is 0 Å². The Labute approximate surface area is 116 Å². The topological polar surface area (TPSA) is 35.5 Å². The molecule has 3 rings (SSSR count). The summed E-state index contributed by atoms with van der Waals surface area (Å²) in [6, 6.07) is 0. The van der Waals surface area contributed by atoms with Gasteiger partial charge in [0.15, 0.2) is 5.79 Å². The van der Waals surface area contributed by atoms with Gasteiger partial charge < -0.3 is 9.47 Å². The predicted molar refractivity (Wildman–Crippen MR) is 72.7 cm³/mol. The van der Waals surface area contributed by atoms with Crippen LogP contribution >= 0.6 is 0 Å². The Morgan fingerprint density at radius 1 is 1.16 bits per heavy atom. The molecular formula is C16H26O3. The van der Waals surface area contributed by atoms with E-state index in [1.165, 1.54) is 25.7 Å². The van der Waals surface area contributed by atoms with Crippen molar-refractivity contribution in [1.29, 1.82) is 0 Å². The van der Waals surface area contributed by atoms with Gasteiger partial charge in [-0.2, -0.15) is 0 Å². The molecular weight excluding hydrogens is 240 g/mol. The number of carbonyl (C=O) groups excluding carboxylic acids is 1. The van der Waals surface area contributed by atoms with E-state index in [4.69, 9.17) is 9.47 Å². The zero-order valence-electron chi connectivity index (χ0n) is 12.0. The van der Waals surface area contributed by atoms with Gasteiger partial charge in [-0.1, -0.05) is 19.3 Å². The van der Waals surface area contributed by atoms with E-state index in [9.17, 15) is 4.79 Å². The van der Waals surface area contributed by atoms with Gasteiger partial charge in [0.25, 0.3) is 0 Å². The quantitative estimate of drug-likeness (QED) is 0.786. The Bertz CT molecular complexity index is 333. The van der Waals surface area contributed by atoms with Crippen LogP contribution in [0, 0.1) is 17.8 Å². The van der Waals surface area contributed by atoms with Crippen LogP contribution in [-0.2, 0) is 14.3 Å². The second kappa shape index (κ2) is 5.53. The second-order valence-electron chi connectivity index (χ2n) is 6.69. The number of fused-ring (bicyclic) bond motifs is 1. The molecule has 2 saturated carbocycles. The zero-order valence-corrected chi connectivity index (χ0v) is 12.0. The van der Waals surface area contributed by atoms with Gasteiger partial charge in [-0.05, 0) is 38.0 Å². The molecule has 0 spiro atoms. The van der Waals surface area contributed by atoms with Crippen molar-refractivity contribution in [2.75, 3.05) is 13.2 Å². The summed E-state index contributed by atoms with van der Waals surface area (Å²) in [5, 5.41) is 0. The van der Waals surface area contributed by atoms with Crippen LogP contribution in [0.3, 0.4) is 0 Å². The van der Waals surface area contributed by atoms with E-state index in [2.05, 4.69) is 0 Å². The maximum Gasteiger partial charge on any atom is 0.165 e. The van der Waals surface area contributed by atoms with Crippen LogP contribution in [0.4, 0.5) is 0 Å². The monoisotopic (exact) mass is 266 g/mol. The van der Waals surface area contributed by atoms with Crippen LogP contribution in [-0.4, -0.2) is 24.8 Å². The molecule has 3 atom stereocenters. The van der Waals surface area contributed by atoms with Gasteiger partial charge in [0.1, 0.15) is 5.78 Å². The molecule has 0 radical (unpaired) electrons. The standard InChI is InChI=1S/C16H26O3/c1-16(18-10-11-19-16)9-8-14-13-5-3-2-4-12(13)6-7-15(14)17/h12-14H,2-11H2,1H3. The molecule has 0 amide bonds. The Balaban J connectivity index is 1.62. The maximum atomic E-state index is 12.3. The lowest BCUT2D eigenvalue weighted by Gasteiger charge is -2.41. The second-order valence-corrected chi connectivity index (χ2v) is 6.69. The first-order valence-corrected chi connectivity index (χ1v) is 7.99. The van der Waals surface area contributed by atoms with E-state index in [1.807, 2.05) is 6.92 Å². The third kappa shape index (κ3) is 2.87. The number of carbonyl (C=O) groups is 1. The summed E-state index contributed by atoms with van der Waals surface area (Å²) in [4.78, 5) is 12.3. The smallest absolute Gasteiger partial charge is 0.165 e. The summed E-state index contributed by atoms with van der Waals surface area (Å²) >= 11 is 0. The molecule has 108 valence electrons. The molecule has 2 aliphatic carbocycles. The minimum atomic E-state index is -0.429. The predicted octanol–water partition coefficient (Wildman–Crippen LogP) is 3.32. The van der Waals surface area contributed by atoms with Crippen molar-refractivity contribution in [1.82, 2.24) is 0 Å². The third-order valence-corrected chi connectivity index (χ3v) is 5.47. The summed E-state index contributed by atoms with van der Waals surface area (Å²) in [6.07, 6.45) is 9.07. The number of ketones is 1. The number of hydrogen-bond acceptors (Lipinski definition) is 3. The summed E-state index contributed by atoms with van der Waals surface area (Å²) in [7, 11) is 0. The highest BCUT2D eigenvalue weighted by Gasteiger charge is 2.41. The van der Waals surface area contributed by atoms with Crippen molar-refractivity contribution in [2.45, 2.75) is 64.1 Å². The molecule has 0 bridgehead atoms. The fraction of sp³-hybridized carbons (Fsp3) is 0.938. The van der Waals surface area contributed by atoms with Gasteiger partial charge in [-0.25, -0.2) is 0 Å². The average Bonchev–Trinajstić information content (AvgIpc) is 2.85. The molecule has 3 heteroatoms. The SMILES string of the molecule is CC1(CCC2C(=O)CCC3CCCCC32)OCCO1. The van der Waals surface area contributed by atoms with Crippen LogP contribution in [0.5, 0.6) is 0 Å². The van der Waals surface area contributed by atoms with Gasteiger partial charge in [-0.15, -0.1) is 0 Å². The van der Waals surface area contributed by atoms with E-state index in [-0.39, 0.29) is 5.92 Å². The van der Waals surface area contributed by atoms with Crippen LogP contribution in [0.2, 0.25) is 0 Å². The van der Waals surface area contributed by atoms with Crippen molar-refractivity contribution in [3.63, 3.8) is 0 Å². The van der Waals surface area contributed by atoms with E-state index in [1.54, 1.807) is 0 Å². The van der Waals surface area contributed by atoms with Gasteiger partial charge in [0.05, 0.1) is 13.2 Å². The van der Waals surface area contributed by atoms with Crippen LogP contribution < -0.4 is 0 Å². The van der Waals surface area contributed by atoms with Crippen LogP contribution in [0.1, 0.15) is 58.3 Å². The average molecular weight is 266 g/mol. The van der Waals surface area contributed by atoms with Crippen LogP contribution in [0.15, 0.2) is 0 Å². The van der Waals surface area contributed by atoms with Crippen molar-refractivity contribution in [3.05, 3.63) is 0 Å². The molecule has 3 aliphatic rings. The summed E-state index contributed by atoms with van der Waals surface area (Å²) in [5.74, 6) is 1.82. The first-order valence-electron chi connectivity index (χ1n) is 7.99. The highest BCUT2D eigenvalue weighted by molar-refractivity contribution is 5.82. The lowest BCUT2D eigenvalue weighted by Crippen LogP contribution is -2.38. The van der Waals surface area contributed by atoms with Gasteiger partial charge in [0, 0.05) is 18.8 Å². The van der Waals surface area contributed by atoms with Gasteiger partial charge in [-0.3, -0.25) is 4.79 Å². The minimum absolute atomic E-state index is 0.281. The Hall–Kier alpha value is -0.410. The fourth-order valence-electron chi connectivity index (χ4n) is 4.37. The fourth-order valence-corrected chi connectivity index (χ4v) is 4.37. The first-order chi connectivity index (χ1) is 9.18. The number of ether oxygens (including phenoxy) is 2. The van der Waals surface area contributed by atoms with Gasteiger partial charge >= 0.3 is 0 Å². The molecule has 1 aliphatic heterocycles. The summed E-state index contributed by atoms with van der Waals surface area (Å²) in [6.45, 7) is 3.41. The summed E-state index contributed by atoms with van der Waals surface area (Å²) < 4.78 is 11.3. The molecule has 3 unspecified atom stereocenters. The Morgan fingerprint density at radius 2 is 1.89 bits per heavy atom. The van der Waals surface area contributed by atoms with E-state index in [0.29, 0.717) is 24.9 Å². The molecule has 1 saturated heterocycles. The third-order valence-electron chi connectivity index (χ3n) is 5.47. The lowest BCUT2D eigenvalue weighted by molar-refractivity contribution is -0.153. The van der Waals surface area contributed by atoms with Crippen molar-refractivity contribution in [3.8, 4) is 0 Å². The Kier molecular flexibility index (Phi) is 3.95. The summed E-state index contributed by atoms with van der Waals surface area (Å²) in [5.41, 5.74) is 0. The maximum absolute atomic E-state index is 12.3. The number of rotatable bonds is 3. The zero-order chi connectivity index (χ0) is 13.3. The molecule has 3 nitrogen and oxygen atoms in total. The molecule has 3 fully saturated rings. The molecule has 0 aromatic heterocycles. The lowest BCUT2D eigenvalue weighted by atomic mass is 9.64. The number of hydrogen-bond donors (Lipinski definition) is 0. The largest absolute Gasteiger partial charge is 0.348 e.